The standard InChI is InChI=1S/C9H17N3O4/c1-7(8(13)14)11(2)9(15)10-12-3-5-16-6-4-12/h7H,3-6H2,1-2H3,(H,10,15)(H,13,14). The average Bonchev–Trinajstić information content (AvgIpc) is 2.28. The molecule has 1 fully saturated rings. The first kappa shape index (κ1) is 12.7. The number of carbonyl (C=O) groups is 2. The van der Waals surface area contributed by atoms with Crippen molar-refractivity contribution in [1.29, 1.82) is 0 Å². The van der Waals surface area contributed by atoms with E-state index in [2.05, 4.69) is 5.43 Å². The molecule has 0 spiro atoms. The van der Waals surface area contributed by atoms with Gasteiger partial charge in [-0.3, -0.25) is 5.43 Å². The fourth-order valence-electron chi connectivity index (χ4n) is 1.23. The van der Waals surface area contributed by atoms with Crippen molar-refractivity contribution in [2.24, 2.45) is 0 Å². The van der Waals surface area contributed by atoms with E-state index in [1.54, 1.807) is 5.01 Å². The largest absolute Gasteiger partial charge is 0.480 e. The molecule has 1 rings (SSSR count). The molecule has 0 aromatic rings. The Balaban J connectivity index is 2.41. The van der Waals surface area contributed by atoms with Gasteiger partial charge in [0.2, 0.25) is 0 Å². The molecule has 2 N–H and O–H groups in total. The Morgan fingerprint density at radius 3 is 2.50 bits per heavy atom. The number of aliphatic carboxylic acids is 1. The number of hydrogen-bond acceptors (Lipinski definition) is 4. The molecule has 0 aliphatic carbocycles. The van der Waals surface area contributed by atoms with Crippen LogP contribution in [-0.4, -0.2) is 66.4 Å². The monoisotopic (exact) mass is 231 g/mol. The number of morpholine rings is 1. The van der Waals surface area contributed by atoms with Crippen LogP contribution in [0.1, 0.15) is 6.92 Å². The maximum absolute atomic E-state index is 11.6. The van der Waals surface area contributed by atoms with E-state index in [0.717, 1.165) is 4.90 Å². The number of hydrogen-bond donors (Lipinski definition) is 2. The zero-order chi connectivity index (χ0) is 12.1. The molecule has 7 nitrogen and oxygen atoms in total. The number of urea groups is 1. The Kier molecular flexibility index (Phi) is 4.51. The Hall–Kier alpha value is -1.34. The molecule has 92 valence electrons. The molecule has 0 bridgehead atoms. The molecule has 0 radical (unpaired) electrons. The molecule has 2 amide bonds. The van der Waals surface area contributed by atoms with Crippen LogP contribution in [0.4, 0.5) is 4.79 Å². The number of rotatable bonds is 3. The second-order valence-electron chi connectivity index (χ2n) is 3.64. The molecule has 1 aliphatic heterocycles. The van der Waals surface area contributed by atoms with Crippen LogP contribution in [0.15, 0.2) is 0 Å². The fraction of sp³-hybridized carbons (Fsp3) is 0.778. The van der Waals surface area contributed by atoms with Gasteiger partial charge in [0, 0.05) is 20.1 Å². The van der Waals surface area contributed by atoms with Crippen LogP contribution in [0, 0.1) is 0 Å². The summed E-state index contributed by atoms with van der Waals surface area (Å²) in [4.78, 5) is 23.5. The van der Waals surface area contributed by atoms with E-state index in [1.807, 2.05) is 0 Å². The van der Waals surface area contributed by atoms with E-state index in [9.17, 15) is 9.59 Å². The molecule has 0 aromatic carbocycles. The minimum Gasteiger partial charge on any atom is -0.480 e. The van der Waals surface area contributed by atoms with Crippen molar-refractivity contribution in [1.82, 2.24) is 15.3 Å². The first-order chi connectivity index (χ1) is 7.52. The minimum atomic E-state index is -1.03. The summed E-state index contributed by atoms with van der Waals surface area (Å²) >= 11 is 0. The third-order valence-corrected chi connectivity index (χ3v) is 2.52. The quantitative estimate of drug-likeness (QED) is 0.674. The van der Waals surface area contributed by atoms with Gasteiger partial charge in [-0.2, -0.15) is 0 Å². The Morgan fingerprint density at radius 2 is 2.00 bits per heavy atom. The van der Waals surface area contributed by atoms with Crippen molar-refractivity contribution in [3.8, 4) is 0 Å². The van der Waals surface area contributed by atoms with Gasteiger partial charge >= 0.3 is 12.0 Å². The lowest BCUT2D eigenvalue weighted by Gasteiger charge is -2.30. The minimum absolute atomic E-state index is 0.420. The molecular formula is C9H17N3O4. The highest BCUT2D eigenvalue weighted by Crippen LogP contribution is 1.98. The first-order valence-electron chi connectivity index (χ1n) is 5.11. The lowest BCUT2D eigenvalue weighted by Crippen LogP contribution is -2.54. The van der Waals surface area contributed by atoms with Gasteiger partial charge in [-0.25, -0.2) is 14.6 Å². The Labute approximate surface area is 93.9 Å². The third-order valence-electron chi connectivity index (χ3n) is 2.52. The third kappa shape index (κ3) is 3.35. The summed E-state index contributed by atoms with van der Waals surface area (Å²) in [6, 6.07) is -1.27. The molecule has 16 heavy (non-hydrogen) atoms. The van der Waals surface area contributed by atoms with E-state index in [0.29, 0.717) is 26.3 Å². The summed E-state index contributed by atoms with van der Waals surface area (Å²) < 4.78 is 5.13. The van der Waals surface area contributed by atoms with Gasteiger partial charge < -0.3 is 14.7 Å². The van der Waals surface area contributed by atoms with E-state index >= 15 is 0 Å². The second kappa shape index (κ2) is 5.66. The summed E-state index contributed by atoms with van der Waals surface area (Å²) in [6.07, 6.45) is 0. The van der Waals surface area contributed by atoms with Crippen molar-refractivity contribution in [3.05, 3.63) is 0 Å². The molecule has 1 aliphatic rings. The van der Waals surface area contributed by atoms with Gasteiger partial charge in [0.15, 0.2) is 0 Å². The number of likely N-dealkylation sites (N-methyl/N-ethyl adjacent to an activating group) is 1. The molecule has 1 heterocycles. The maximum atomic E-state index is 11.6. The number of ether oxygens (including phenoxy) is 1. The molecule has 1 atom stereocenters. The zero-order valence-electron chi connectivity index (χ0n) is 9.47. The van der Waals surface area contributed by atoms with Gasteiger partial charge in [0.1, 0.15) is 6.04 Å². The number of carboxylic acids is 1. The molecular weight excluding hydrogens is 214 g/mol. The lowest BCUT2D eigenvalue weighted by molar-refractivity contribution is -0.141. The van der Waals surface area contributed by atoms with Crippen molar-refractivity contribution in [3.63, 3.8) is 0 Å². The van der Waals surface area contributed by atoms with Crippen LogP contribution in [0.2, 0.25) is 0 Å². The summed E-state index contributed by atoms with van der Waals surface area (Å²) in [5, 5.41) is 10.5. The van der Waals surface area contributed by atoms with Crippen LogP contribution in [0.5, 0.6) is 0 Å². The van der Waals surface area contributed by atoms with Crippen LogP contribution >= 0.6 is 0 Å². The number of carboxylic acid groups (broad SMARTS) is 1. The Bertz CT molecular complexity index is 265. The molecule has 1 unspecified atom stereocenters. The smallest absolute Gasteiger partial charge is 0.332 e. The fourth-order valence-corrected chi connectivity index (χ4v) is 1.23. The predicted molar refractivity (Wildman–Crippen MR) is 55.8 cm³/mol. The van der Waals surface area contributed by atoms with Crippen LogP contribution in [0.25, 0.3) is 0 Å². The van der Waals surface area contributed by atoms with Crippen LogP contribution < -0.4 is 5.43 Å². The van der Waals surface area contributed by atoms with E-state index in [1.165, 1.54) is 14.0 Å². The van der Waals surface area contributed by atoms with Crippen molar-refractivity contribution in [2.75, 3.05) is 33.4 Å². The maximum Gasteiger partial charge on any atom is 0.332 e. The number of hydrazine groups is 1. The number of amides is 2. The summed E-state index contributed by atoms with van der Waals surface area (Å²) in [7, 11) is 1.45. The highest BCUT2D eigenvalue weighted by Gasteiger charge is 2.23. The summed E-state index contributed by atoms with van der Waals surface area (Å²) in [5.74, 6) is -1.03. The van der Waals surface area contributed by atoms with Gasteiger partial charge in [-0.05, 0) is 6.92 Å². The highest BCUT2D eigenvalue weighted by molar-refractivity contribution is 5.81. The second-order valence-corrected chi connectivity index (χ2v) is 3.64. The van der Waals surface area contributed by atoms with E-state index < -0.39 is 18.0 Å². The van der Waals surface area contributed by atoms with Gasteiger partial charge in [-0.15, -0.1) is 0 Å². The zero-order valence-corrected chi connectivity index (χ0v) is 9.47. The topological polar surface area (TPSA) is 82.1 Å². The van der Waals surface area contributed by atoms with Crippen LogP contribution in [-0.2, 0) is 9.53 Å². The normalized spacial score (nSPS) is 18.9. The average molecular weight is 231 g/mol. The molecule has 0 saturated carbocycles. The van der Waals surface area contributed by atoms with Crippen molar-refractivity contribution in [2.45, 2.75) is 13.0 Å². The number of nitrogens with one attached hydrogen (secondary N) is 1. The van der Waals surface area contributed by atoms with Crippen molar-refractivity contribution >= 4 is 12.0 Å². The van der Waals surface area contributed by atoms with Gasteiger partial charge in [0.05, 0.1) is 13.2 Å². The summed E-state index contributed by atoms with van der Waals surface area (Å²) in [6.45, 7) is 3.82. The first-order valence-corrected chi connectivity index (χ1v) is 5.11. The van der Waals surface area contributed by atoms with Crippen molar-refractivity contribution < 1.29 is 19.4 Å². The number of nitrogens with zero attached hydrogens (tertiary/aromatic N) is 2. The van der Waals surface area contributed by atoms with E-state index in [4.69, 9.17) is 9.84 Å². The summed E-state index contributed by atoms with van der Waals surface area (Å²) in [5.41, 5.74) is 2.63. The van der Waals surface area contributed by atoms with E-state index in [-0.39, 0.29) is 0 Å². The highest BCUT2D eigenvalue weighted by atomic mass is 16.5. The predicted octanol–water partition coefficient (Wildman–Crippen LogP) is -0.652. The molecule has 0 aromatic heterocycles. The van der Waals surface area contributed by atoms with Gasteiger partial charge in [0.25, 0.3) is 0 Å². The number of carbonyl (C=O) groups excluding carboxylic acids is 1. The van der Waals surface area contributed by atoms with Crippen LogP contribution in [0.3, 0.4) is 0 Å². The molecule has 7 heteroatoms. The molecule has 1 saturated heterocycles. The van der Waals surface area contributed by atoms with Gasteiger partial charge in [-0.1, -0.05) is 0 Å². The SMILES string of the molecule is CC(C(=O)O)N(C)C(=O)NN1CCOCC1. The Morgan fingerprint density at radius 1 is 1.44 bits per heavy atom. The lowest BCUT2D eigenvalue weighted by atomic mass is 10.3.